The second kappa shape index (κ2) is 6.41. The van der Waals surface area contributed by atoms with Gasteiger partial charge in [0.15, 0.2) is 0 Å². The number of benzene rings is 1. The SMILES string of the molecule is Cc1cc(CN(C)C(=O)C(N)Cc2ccc(O)cc2)no1. The summed E-state index contributed by atoms with van der Waals surface area (Å²) >= 11 is 0. The van der Waals surface area contributed by atoms with Crippen LogP contribution in [0.15, 0.2) is 34.9 Å². The van der Waals surface area contributed by atoms with Crippen molar-refractivity contribution in [2.75, 3.05) is 7.05 Å². The zero-order valence-electron chi connectivity index (χ0n) is 12.1. The van der Waals surface area contributed by atoms with Crippen LogP contribution in [0.25, 0.3) is 0 Å². The molecule has 1 heterocycles. The average Bonchev–Trinajstić information content (AvgIpc) is 2.85. The highest BCUT2D eigenvalue weighted by molar-refractivity contribution is 5.81. The Morgan fingerprint density at radius 2 is 2.10 bits per heavy atom. The van der Waals surface area contributed by atoms with E-state index in [9.17, 15) is 9.90 Å². The van der Waals surface area contributed by atoms with Crippen molar-refractivity contribution in [3.63, 3.8) is 0 Å². The summed E-state index contributed by atoms with van der Waals surface area (Å²) in [6.07, 6.45) is 0.418. The number of carbonyl (C=O) groups is 1. The summed E-state index contributed by atoms with van der Waals surface area (Å²) in [6.45, 7) is 2.16. The van der Waals surface area contributed by atoms with Crippen LogP contribution in [-0.4, -0.2) is 34.2 Å². The molecular formula is C15H19N3O3. The Kier molecular flexibility index (Phi) is 4.59. The molecule has 2 rings (SSSR count). The first-order valence-corrected chi connectivity index (χ1v) is 6.66. The van der Waals surface area contributed by atoms with Gasteiger partial charge in [0.05, 0.1) is 12.6 Å². The molecule has 0 aliphatic carbocycles. The van der Waals surface area contributed by atoms with Gasteiger partial charge < -0.3 is 20.3 Å². The van der Waals surface area contributed by atoms with E-state index in [1.54, 1.807) is 44.3 Å². The molecule has 0 aliphatic rings. The number of nitrogens with zero attached hydrogens (tertiary/aromatic N) is 2. The fraction of sp³-hybridized carbons (Fsp3) is 0.333. The first-order chi connectivity index (χ1) is 9.95. The van der Waals surface area contributed by atoms with Gasteiger partial charge in [0.1, 0.15) is 17.2 Å². The summed E-state index contributed by atoms with van der Waals surface area (Å²) in [5.41, 5.74) is 7.55. The topological polar surface area (TPSA) is 92.6 Å². The van der Waals surface area contributed by atoms with Gasteiger partial charge in [-0.05, 0) is 31.0 Å². The van der Waals surface area contributed by atoms with Gasteiger partial charge in [0.25, 0.3) is 0 Å². The van der Waals surface area contributed by atoms with Gasteiger partial charge in [-0.3, -0.25) is 4.79 Å². The van der Waals surface area contributed by atoms with Crippen LogP contribution < -0.4 is 5.73 Å². The summed E-state index contributed by atoms with van der Waals surface area (Å²) in [7, 11) is 1.68. The molecule has 1 aromatic carbocycles. The lowest BCUT2D eigenvalue weighted by Gasteiger charge is -2.20. The second-order valence-corrected chi connectivity index (χ2v) is 5.10. The number of aromatic hydroxyl groups is 1. The largest absolute Gasteiger partial charge is 0.508 e. The number of phenolic OH excluding ortho intramolecular Hbond substituents is 1. The Bertz CT molecular complexity index is 607. The van der Waals surface area contributed by atoms with Crippen molar-refractivity contribution >= 4 is 5.91 Å². The Morgan fingerprint density at radius 1 is 1.43 bits per heavy atom. The quantitative estimate of drug-likeness (QED) is 0.863. The first kappa shape index (κ1) is 15.1. The summed E-state index contributed by atoms with van der Waals surface area (Å²) < 4.78 is 4.97. The Hall–Kier alpha value is -2.34. The first-order valence-electron chi connectivity index (χ1n) is 6.66. The molecule has 3 N–H and O–H groups in total. The number of hydrogen-bond donors (Lipinski definition) is 2. The Morgan fingerprint density at radius 3 is 2.67 bits per heavy atom. The van der Waals surface area contributed by atoms with Crippen molar-refractivity contribution in [3.8, 4) is 5.75 Å². The van der Waals surface area contributed by atoms with E-state index in [0.717, 1.165) is 5.56 Å². The monoisotopic (exact) mass is 289 g/mol. The molecule has 1 atom stereocenters. The third-order valence-corrected chi connectivity index (χ3v) is 3.16. The van der Waals surface area contributed by atoms with Crippen LogP contribution in [-0.2, 0) is 17.8 Å². The van der Waals surface area contributed by atoms with Gasteiger partial charge in [0, 0.05) is 13.1 Å². The fourth-order valence-electron chi connectivity index (χ4n) is 2.07. The highest BCUT2D eigenvalue weighted by Crippen LogP contribution is 2.12. The number of carbonyl (C=O) groups excluding carboxylic acids is 1. The zero-order chi connectivity index (χ0) is 15.4. The van der Waals surface area contributed by atoms with E-state index in [-0.39, 0.29) is 11.7 Å². The lowest BCUT2D eigenvalue weighted by molar-refractivity contribution is -0.131. The molecule has 1 amide bonds. The molecule has 0 fully saturated rings. The molecule has 6 heteroatoms. The minimum absolute atomic E-state index is 0.163. The van der Waals surface area contributed by atoms with Crippen LogP contribution in [0.4, 0.5) is 0 Å². The number of amides is 1. The fourth-order valence-corrected chi connectivity index (χ4v) is 2.07. The Labute approximate surface area is 123 Å². The van der Waals surface area contributed by atoms with Gasteiger partial charge in [-0.2, -0.15) is 0 Å². The molecule has 112 valence electrons. The van der Waals surface area contributed by atoms with E-state index in [4.69, 9.17) is 10.3 Å². The zero-order valence-corrected chi connectivity index (χ0v) is 12.1. The van der Waals surface area contributed by atoms with Crippen LogP contribution in [0.1, 0.15) is 17.0 Å². The predicted octanol–water partition coefficient (Wildman–Crippen LogP) is 1.22. The van der Waals surface area contributed by atoms with Crippen molar-refractivity contribution in [2.24, 2.45) is 5.73 Å². The molecule has 0 radical (unpaired) electrons. The van der Waals surface area contributed by atoms with Crippen molar-refractivity contribution < 1.29 is 14.4 Å². The summed E-state index contributed by atoms with van der Waals surface area (Å²) in [5, 5.41) is 13.1. The third kappa shape index (κ3) is 4.06. The minimum Gasteiger partial charge on any atom is -0.508 e. The second-order valence-electron chi connectivity index (χ2n) is 5.10. The number of hydrogen-bond acceptors (Lipinski definition) is 5. The smallest absolute Gasteiger partial charge is 0.239 e. The molecular weight excluding hydrogens is 270 g/mol. The van der Waals surface area contributed by atoms with Crippen LogP contribution in [0.5, 0.6) is 5.75 Å². The molecule has 0 spiro atoms. The van der Waals surface area contributed by atoms with Crippen molar-refractivity contribution in [1.29, 1.82) is 0 Å². The summed E-state index contributed by atoms with van der Waals surface area (Å²) in [5.74, 6) is 0.736. The maximum Gasteiger partial charge on any atom is 0.239 e. The summed E-state index contributed by atoms with van der Waals surface area (Å²) in [6, 6.07) is 7.82. The van der Waals surface area contributed by atoms with Crippen LogP contribution in [0.2, 0.25) is 0 Å². The van der Waals surface area contributed by atoms with Crippen molar-refractivity contribution in [1.82, 2.24) is 10.1 Å². The lowest BCUT2D eigenvalue weighted by atomic mass is 10.1. The number of aryl methyl sites for hydroxylation is 1. The number of aromatic nitrogens is 1. The standard InChI is InChI=1S/C15H19N3O3/c1-10-7-12(17-21-10)9-18(2)15(20)14(16)8-11-3-5-13(19)6-4-11/h3-7,14,19H,8-9,16H2,1-2H3. The van der Waals surface area contributed by atoms with E-state index < -0.39 is 6.04 Å². The van der Waals surface area contributed by atoms with Crippen LogP contribution in [0.3, 0.4) is 0 Å². The molecule has 21 heavy (non-hydrogen) atoms. The molecule has 0 aliphatic heterocycles. The molecule has 0 bridgehead atoms. The number of nitrogens with two attached hydrogens (primary N) is 1. The number of likely N-dealkylation sites (N-methyl/N-ethyl adjacent to an activating group) is 1. The molecule has 1 unspecified atom stereocenters. The maximum absolute atomic E-state index is 12.2. The van der Waals surface area contributed by atoms with E-state index in [2.05, 4.69) is 5.16 Å². The van der Waals surface area contributed by atoms with Gasteiger partial charge in [-0.25, -0.2) is 0 Å². The van der Waals surface area contributed by atoms with E-state index >= 15 is 0 Å². The van der Waals surface area contributed by atoms with E-state index in [1.165, 1.54) is 4.90 Å². The Balaban J connectivity index is 1.93. The number of phenols is 1. The molecule has 0 saturated heterocycles. The molecule has 2 aromatic rings. The predicted molar refractivity (Wildman–Crippen MR) is 77.5 cm³/mol. The summed E-state index contributed by atoms with van der Waals surface area (Å²) in [4.78, 5) is 13.7. The lowest BCUT2D eigenvalue weighted by Crippen LogP contribution is -2.42. The highest BCUT2D eigenvalue weighted by atomic mass is 16.5. The van der Waals surface area contributed by atoms with Crippen molar-refractivity contribution in [3.05, 3.63) is 47.3 Å². The third-order valence-electron chi connectivity index (χ3n) is 3.16. The molecule has 0 saturated carbocycles. The maximum atomic E-state index is 12.2. The highest BCUT2D eigenvalue weighted by Gasteiger charge is 2.19. The van der Waals surface area contributed by atoms with Crippen molar-refractivity contribution in [2.45, 2.75) is 25.9 Å². The number of rotatable bonds is 5. The van der Waals surface area contributed by atoms with E-state index in [1.807, 2.05) is 0 Å². The van der Waals surface area contributed by atoms with Gasteiger partial charge >= 0.3 is 0 Å². The van der Waals surface area contributed by atoms with Gasteiger partial charge in [0.2, 0.25) is 5.91 Å². The van der Waals surface area contributed by atoms with Gasteiger partial charge in [-0.15, -0.1) is 0 Å². The van der Waals surface area contributed by atoms with Crippen LogP contribution >= 0.6 is 0 Å². The molecule has 6 nitrogen and oxygen atoms in total. The average molecular weight is 289 g/mol. The van der Waals surface area contributed by atoms with Crippen LogP contribution in [0, 0.1) is 6.92 Å². The normalized spacial score (nSPS) is 12.1. The minimum atomic E-state index is -0.632. The molecule has 1 aromatic heterocycles. The van der Waals surface area contributed by atoms with Gasteiger partial charge in [-0.1, -0.05) is 17.3 Å². The van der Waals surface area contributed by atoms with E-state index in [0.29, 0.717) is 24.4 Å².